The first-order valence-electron chi connectivity index (χ1n) is 10.6. The zero-order valence-corrected chi connectivity index (χ0v) is 20.2. The van der Waals surface area contributed by atoms with Crippen LogP contribution in [0.15, 0.2) is 0 Å². The summed E-state index contributed by atoms with van der Waals surface area (Å²) in [5.74, 6) is -4.71. The molecule has 0 aliphatic carbocycles. The molecule has 3 amide bonds. The maximum atomic E-state index is 12.8. The summed E-state index contributed by atoms with van der Waals surface area (Å²) in [5, 5.41) is 35.2. The molecule has 190 valence electrons. The van der Waals surface area contributed by atoms with E-state index in [1.807, 2.05) is 6.92 Å². The molecule has 0 aliphatic rings. The molecule has 0 rings (SSSR count). The van der Waals surface area contributed by atoms with E-state index in [1.165, 1.54) is 18.7 Å². The van der Waals surface area contributed by atoms with Gasteiger partial charge in [-0.1, -0.05) is 20.3 Å². The summed E-state index contributed by atoms with van der Waals surface area (Å²) < 4.78 is 0. The molecule has 0 aromatic rings. The van der Waals surface area contributed by atoms with Gasteiger partial charge in [-0.05, 0) is 37.7 Å². The van der Waals surface area contributed by atoms with E-state index in [-0.39, 0.29) is 18.8 Å². The Morgan fingerprint density at radius 2 is 1.48 bits per heavy atom. The molecule has 12 nitrogen and oxygen atoms in total. The van der Waals surface area contributed by atoms with Crippen LogP contribution in [0, 0.1) is 5.92 Å². The molecule has 13 heteroatoms. The van der Waals surface area contributed by atoms with E-state index in [9.17, 15) is 34.2 Å². The zero-order valence-electron chi connectivity index (χ0n) is 19.4. The van der Waals surface area contributed by atoms with E-state index >= 15 is 0 Å². The highest BCUT2D eigenvalue weighted by Gasteiger charge is 2.33. The van der Waals surface area contributed by atoms with E-state index in [4.69, 9.17) is 10.8 Å². The molecule has 0 aliphatic heterocycles. The lowest BCUT2D eigenvalue weighted by Crippen LogP contribution is -2.60. The average Bonchev–Trinajstić information content (AvgIpc) is 2.75. The average molecular weight is 493 g/mol. The number of aliphatic hydroxyl groups excluding tert-OH is 1. The summed E-state index contributed by atoms with van der Waals surface area (Å²) in [4.78, 5) is 60.2. The maximum Gasteiger partial charge on any atom is 0.326 e. The van der Waals surface area contributed by atoms with Crippen molar-refractivity contribution in [2.45, 2.75) is 76.7 Å². The van der Waals surface area contributed by atoms with Crippen molar-refractivity contribution in [1.82, 2.24) is 16.0 Å². The van der Waals surface area contributed by atoms with Crippen LogP contribution in [0.25, 0.3) is 0 Å². The van der Waals surface area contributed by atoms with Crippen molar-refractivity contribution in [3.05, 3.63) is 0 Å². The normalized spacial score (nSPS) is 16.4. The first-order chi connectivity index (χ1) is 15.3. The summed E-state index contributed by atoms with van der Waals surface area (Å²) in [6.07, 6.45) is 0.351. The number of hydrogen-bond acceptors (Lipinski definition) is 8. The van der Waals surface area contributed by atoms with E-state index in [0.717, 1.165) is 0 Å². The van der Waals surface area contributed by atoms with Gasteiger partial charge >= 0.3 is 11.9 Å². The molecule has 0 aromatic heterocycles. The molecule has 8 N–H and O–H groups in total. The smallest absolute Gasteiger partial charge is 0.326 e. The van der Waals surface area contributed by atoms with Gasteiger partial charge in [0.15, 0.2) is 0 Å². The second-order valence-electron chi connectivity index (χ2n) is 7.81. The molecular weight excluding hydrogens is 456 g/mol. The minimum Gasteiger partial charge on any atom is -0.481 e. The van der Waals surface area contributed by atoms with Gasteiger partial charge in [-0.25, -0.2) is 4.79 Å². The molecule has 6 unspecified atom stereocenters. The number of aliphatic carboxylic acids is 2. The number of hydrogen-bond donors (Lipinski definition) is 7. The number of thioether (sulfide) groups is 1. The van der Waals surface area contributed by atoms with Gasteiger partial charge in [-0.3, -0.25) is 19.2 Å². The second kappa shape index (κ2) is 15.5. The van der Waals surface area contributed by atoms with Gasteiger partial charge in [-0.15, -0.1) is 0 Å². The van der Waals surface area contributed by atoms with Crippen molar-refractivity contribution in [2.24, 2.45) is 11.7 Å². The van der Waals surface area contributed by atoms with E-state index in [2.05, 4.69) is 16.0 Å². The van der Waals surface area contributed by atoms with Gasteiger partial charge in [0.2, 0.25) is 17.7 Å². The third-order valence-corrected chi connectivity index (χ3v) is 5.77. The summed E-state index contributed by atoms with van der Waals surface area (Å²) in [6.45, 7) is 4.85. The van der Waals surface area contributed by atoms with Crippen LogP contribution in [0.1, 0.15) is 46.5 Å². The van der Waals surface area contributed by atoms with Crippen LogP contribution in [0.5, 0.6) is 0 Å². The predicted molar refractivity (Wildman–Crippen MR) is 122 cm³/mol. The number of nitrogens with two attached hydrogens (primary N) is 1. The molecular formula is C20H36N4O8S. The Hall–Kier alpha value is -2.38. The second-order valence-corrected chi connectivity index (χ2v) is 8.80. The summed E-state index contributed by atoms with van der Waals surface area (Å²) >= 11 is 1.39. The van der Waals surface area contributed by atoms with Crippen molar-refractivity contribution < 1.29 is 39.3 Å². The van der Waals surface area contributed by atoms with Crippen LogP contribution in [0.2, 0.25) is 0 Å². The molecule has 6 atom stereocenters. The number of carboxylic acid groups (broad SMARTS) is 2. The summed E-state index contributed by atoms with van der Waals surface area (Å²) in [7, 11) is 0. The number of amides is 3. The Morgan fingerprint density at radius 3 is 1.94 bits per heavy atom. The maximum absolute atomic E-state index is 12.8. The molecule has 0 aromatic carbocycles. The van der Waals surface area contributed by atoms with Gasteiger partial charge in [0, 0.05) is 6.42 Å². The zero-order chi connectivity index (χ0) is 25.7. The van der Waals surface area contributed by atoms with Crippen LogP contribution in [0.4, 0.5) is 0 Å². The predicted octanol–water partition coefficient (Wildman–Crippen LogP) is -1.10. The van der Waals surface area contributed by atoms with Gasteiger partial charge in [-0.2, -0.15) is 11.8 Å². The molecule has 0 fully saturated rings. The fourth-order valence-electron chi connectivity index (χ4n) is 2.73. The van der Waals surface area contributed by atoms with E-state index in [1.54, 1.807) is 13.2 Å². The monoisotopic (exact) mass is 492 g/mol. The molecule has 0 spiro atoms. The number of carbonyl (C=O) groups is 5. The topological polar surface area (TPSA) is 208 Å². The summed E-state index contributed by atoms with van der Waals surface area (Å²) in [6, 6.07) is -5.01. The van der Waals surface area contributed by atoms with Crippen molar-refractivity contribution in [2.75, 3.05) is 12.0 Å². The van der Waals surface area contributed by atoms with E-state index in [0.29, 0.717) is 12.2 Å². The lowest BCUT2D eigenvalue weighted by atomic mass is 9.98. The van der Waals surface area contributed by atoms with Gasteiger partial charge < -0.3 is 37.0 Å². The van der Waals surface area contributed by atoms with Crippen molar-refractivity contribution in [1.29, 1.82) is 0 Å². The Labute approximate surface area is 197 Å². The van der Waals surface area contributed by atoms with E-state index < -0.39 is 66.4 Å². The Balaban J connectivity index is 5.50. The molecule has 0 saturated heterocycles. The first kappa shape index (κ1) is 30.6. The molecule has 0 bridgehead atoms. The third-order valence-electron chi connectivity index (χ3n) is 5.13. The van der Waals surface area contributed by atoms with Crippen LogP contribution < -0.4 is 21.7 Å². The van der Waals surface area contributed by atoms with Crippen LogP contribution in [0.3, 0.4) is 0 Å². The molecule has 0 saturated carbocycles. The van der Waals surface area contributed by atoms with Gasteiger partial charge in [0.1, 0.15) is 18.1 Å². The van der Waals surface area contributed by atoms with Crippen molar-refractivity contribution >= 4 is 41.4 Å². The Morgan fingerprint density at radius 1 is 0.909 bits per heavy atom. The van der Waals surface area contributed by atoms with Crippen molar-refractivity contribution in [3.63, 3.8) is 0 Å². The third kappa shape index (κ3) is 11.3. The number of carbonyl (C=O) groups excluding carboxylic acids is 3. The molecule has 0 radical (unpaired) electrons. The fourth-order valence-corrected chi connectivity index (χ4v) is 3.20. The SMILES string of the molecule is CCC(C)C(N)C(=O)NC(C(=O)NC(CCC(=O)O)C(=O)NC(CCSC)C(=O)O)C(C)O. The minimum atomic E-state index is -1.46. The standard InChI is InChI=1S/C20H36N4O8S/c1-5-10(2)15(21)18(29)24-16(11(3)25)19(30)22-12(6-7-14(26)27)17(28)23-13(20(31)32)8-9-33-4/h10-13,15-16,25H,5-9,21H2,1-4H3,(H,22,30)(H,23,28)(H,24,29)(H,26,27)(H,31,32). The van der Waals surface area contributed by atoms with Crippen molar-refractivity contribution in [3.8, 4) is 0 Å². The highest BCUT2D eigenvalue weighted by molar-refractivity contribution is 7.98. The highest BCUT2D eigenvalue weighted by atomic mass is 32.2. The number of nitrogens with one attached hydrogen (secondary N) is 3. The Bertz CT molecular complexity index is 691. The number of aliphatic hydroxyl groups is 1. The first-order valence-corrected chi connectivity index (χ1v) is 12.0. The number of carboxylic acids is 2. The van der Waals surface area contributed by atoms with Crippen LogP contribution in [-0.4, -0.2) is 87.3 Å². The largest absolute Gasteiger partial charge is 0.481 e. The quantitative estimate of drug-likeness (QED) is 0.138. The fraction of sp³-hybridized carbons (Fsp3) is 0.750. The Kier molecular flexibility index (Phi) is 14.3. The minimum absolute atomic E-state index is 0.127. The van der Waals surface area contributed by atoms with Gasteiger partial charge in [0.25, 0.3) is 0 Å². The highest BCUT2D eigenvalue weighted by Crippen LogP contribution is 2.08. The van der Waals surface area contributed by atoms with Gasteiger partial charge in [0.05, 0.1) is 12.1 Å². The number of rotatable bonds is 16. The lowest BCUT2D eigenvalue weighted by molar-refractivity contribution is -0.143. The summed E-state index contributed by atoms with van der Waals surface area (Å²) in [5.41, 5.74) is 5.86. The van der Waals surface area contributed by atoms with Crippen LogP contribution >= 0.6 is 11.8 Å². The van der Waals surface area contributed by atoms with Crippen LogP contribution in [-0.2, 0) is 24.0 Å². The molecule has 33 heavy (non-hydrogen) atoms. The lowest BCUT2D eigenvalue weighted by Gasteiger charge is -2.27. The molecule has 0 heterocycles.